The third-order valence-electron chi connectivity index (χ3n) is 5.28. The Morgan fingerprint density at radius 2 is 1.81 bits per heavy atom. The number of carbonyl (C=O) groups is 1. The van der Waals surface area contributed by atoms with E-state index in [9.17, 15) is 4.79 Å². The molecule has 0 saturated carbocycles. The van der Waals surface area contributed by atoms with Crippen molar-refractivity contribution < 1.29 is 9.53 Å². The lowest BCUT2D eigenvalue weighted by Crippen LogP contribution is -2.50. The van der Waals surface area contributed by atoms with Crippen LogP contribution >= 0.6 is 24.0 Å². The van der Waals surface area contributed by atoms with Gasteiger partial charge >= 0.3 is 6.09 Å². The Morgan fingerprint density at radius 3 is 2.32 bits per heavy atom. The number of ether oxygens (including phenoxy) is 1. The summed E-state index contributed by atoms with van der Waals surface area (Å²) in [5.41, 5.74) is 2.98. The average molecular weight is 550 g/mol. The number of aryl methyl sites for hydroxylation is 2. The smallest absolute Gasteiger partial charge is 0.410 e. The van der Waals surface area contributed by atoms with Gasteiger partial charge in [0.2, 0.25) is 0 Å². The van der Waals surface area contributed by atoms with E-state index in [2.05, 4.69) is 32.5 Å². The highest BCUT2D eigenvalue weighted by molar-refractivity contribution is 14.0. The van der Waals surface area contributed by atoms with Crippen molar-refractivity contribution in [3.63, 3.8) is 0 Å². The number of hydrogen-bond donors (Lipinski definition) is 2. The number of hydrogen-bond acceptors (Lipinski definition) is 5. The summed E-state index contributed by atoms with van der Waals surface area (Å²) in [6.45, 7) is 15.5. The monoisotopic (exact) mass is 549 g/mol. The summed E-state index contributed by atoms with van der Waals surface area (Å²) >= 11 is 0. The molecule has 2 heterocycles. The van der Waals surface area contributed by atoms with Crippen molar-refractivity contribution in [1.82, 2.24) is 30.2 Å². The summed E-state index contributed by atoms with van der Waals surface area (Å²) in [7, 11) is 3.75. The maximum Gasteiger partial charge on any atom is 0.410 e. The fourth-order valence-corrected chi connectivity index (χ4v) is 3.46. The highest BCUT2D eigenvalue weighted by atomic mass is 127. The van der Waals surface area contributed by atoms with E-state index >= 15 is 0 Å². The third kappa shape index (κ3) is 8.83. The molecule has 178 valence electrons. The van der Waals surface area contributed by atoms with E-state index in [1.54, 1.807) is 11.9 Å². The maximum atomic E-state index is 12.1. The topological polar surface area (TPSA) is 87.0 Å². The first kappa shape index (κ1) is 27.5. The highest BCUT2D eigenvalue weighted by Crippen LogP contribution is 2.12. The summed E-state index contributed by atoms with van der Waals surface area (Å²) in [5.74, 6) is 0.799. The van der Waals surface area contributed by atoms with Gasteiger partial charge in [-0.25, -0.2) is 4.79 Å². The van der Waals surface area contributed by atoms with Gasteiger partial charge in [-0.2, -0.15) is 5.10 Å². The van der Waals surface area contributed by atoms with Gasteiger partial charge in [0.1, 0.15) is 5.60 Å². The van der Waals surface area contributed by atoms with Gasteiger partial charge in [0, 0.05) is 64.6 Å². The molecular formula is C21H40IN7O2. The molecular weight excluding hydrogens is 509 g/mol. The molecule has 1 fully saturated rings. The molecule has 0 aliphatic carbocycles. The van der Waals surface area contributed by atoms with Crippen LogP contribution in [0, 0.1) is 13.8 Å². The molecule has 0 aromatic carbocycles. The average Bonchev–Trinajstić information content (AvgIpc) is 2.92. The Morgan fingerprint density at radius 1 is 1.16 bits per heavy atom. The molecule has 1 aliphatic heterocycles. The Balaban J connectivity index is 0.00000480. The van der Waals surface area contributed by atoms with E-state index in [0.29, 0.717) is 6.54 Å². The van der Waals surface area contributed by atoms with Crippen LogP contribution in [0.3, 0.4) is 0 Å². The maximum absolute atomic E-state index is 12.1. The van der Waals surface area contributed by atoms with E-state index < -0.39 is 5.60 Å². The van der Waals surface area contributed by atoms with Gasteiger partial charge in [0.05, 0.1) is 5.69 Å². The lowest BCUT2D eigenvalue weighted by molar-refractivity contribution is 0.0145. The second kappa shape index (κ2) is 12.5. The van der Waals surface area contributed by atoms with Crippen LogP contribution in [0.4, 0.5) is 4.79 Å². The van der Waals surface area contributed by atoms with Crippen LogP contribution in [0.15, 0.2) is 4.99 Å². The van der Waals surface area contributed by atoms with Crippen molar-refractivity contribution in [3.8, 4) is 0 Å². The molecule has 0 unspecified atom stereocenters. The number of nitrogens with one attached hydrogen (secondary N) is 2. The number of aliphatic imine (C=N–C) groups is 1. The fourth-order valence-electron chi connectivity index (χ4n) is 3.46. The van der Waals surface area contributed by atoms with Gasteiger partial charge < -0.3 is 20.3 Å². The van der Waals surface area contributed by atoms with E-state index in [1.165, 1.54) is 11.3 Å². The number of nitrogens with zero attached hydrogens (tertiary/aromatic N) is 5. The molecule has 10 heteroatoms. The van der Waals surface area contributed by atoms with Crippen molar-refractivity contribution in [3.05, 3.63) is 17.0 Å². The summed E-state index contributed by atoms with van der Waals surface area (Å²) < 4.78 is 7.36. The fraction of sp³-hybridized carbons (Fsp3) is 0.762. The van der Waals surface area contributed by atoms with Crippen LogP contribution in [0.25, 0.3) is 0 Å². The van der Waals surface area contributed by atoms with Crippen molar-refractivity contribution >= 4 is 36.0 Å². The summed E-state index contributed by atoms with van der Waals surface area (Å²) in [5, 5.41) is 11.2. The van der Waals surface area contributed by atoms with Crippen LogP contribution in [0.5, 0.6) is 0 Å². The van der Waals surface area contributed by atoms with Gasteiger partial charge in [-0.05, 0) is 47.6 Å². The van der Waals surface area contributed by atoms with Gasteiger partial charge in [-0.3, -0.25) is 14.6 Å². The second-order valence-corrected chi connectivity index (χ2v) is 8.79. The van der Waals surface area contributed by atoms with Crippen LogP contribution in [-0.2, 0) is 18.3 Å². The van der Waals surface area contributed by atoms with Crippen molar-refractivity contribution in [2.75, 3.05) is 46.3 Å². The van der Waals surface area contributed by atoms with E-state index in [0.717, 1.165) is 57.3 Å². The molecule has 0 spiro atoms. The lowest BCUT2D eigenvalue weighted by Gasteiger charge is -2.35. The highest BCUT2D eigenvalue weighted by Gasteiger charge is 2.25. The van der Waals surface area contributed by atoms with Crippen LogP contribution in [-0.4, -0.2) is 83.6 Å². The predicted octanol–water partition coefficient (Wildman–Crippen LogP) is 2.26. The number of halogens is 1. The predicted molar refractivity (Wildman–Crippen MR) is 135 cm³/mol. The molecule has 2 rings (SSSR count). The Kier molecular flexibility index (Phi) is 11.1. The second-order valence-electron chi connectivity index (χ2n) is 8.79. The lowest BCUT2D eigenvalue weighted by atomic mass is 10.2. The Bertz CT molecular complexity index is 735. The van der Waals surface area contributed by atoms with Gasteiger partial charge in [0.15, 0.2) is 5.96 Å². The number of piperazine rings is 1. The summed E-state index contributed by atoms with van der Waals surface area (Å²) in [6.07, 6.45) is 0.802. The number of amides is 1. The van der Waals surface area contributed by atoms with Crippen LogP contribution in [0.2, 0.25) is 0 Å². The van der Waals surface area contributed by atoms with Crippen molar-refractivity contribution in [2.24, 2.45) is 12.0 Å². The molecule has 2 N–H and O–H groups in total. The van der Waals surface area contributed by atoms with Gasteiger partial charge in [-0.1, -0.05) is 0 Å². The third-order valence-corrected chi connectivity index (χ3v) is 5.28. The van der Waals surface area contributed by atoms with Crippen molar-refractivity contribution in [2.45, 2.75) is 53.2 Å². The molecule has 9 nitrogen and oxygen atoms in total. The first-order valence-corrected chi connectivity index (χ1v) is 10.7. The van der Waals surface area contributed by atoms with Crippen LogP contribution < -0.4 is 10.6 Å². The Hall–Kier alpha value is -1.56. The zero-order valence-electron chi connectivity index (χ0n) is 20.1. The molecule has 1 amide bonds. The molecule has 1 aromatic heterocycles. The molecule has 0 radical (unpaired) electrons. The molecule has 1 saturated heterocycles. The zero-order valence-corrected chi connectivity index (χ0v) is 22.4. The van der Waals surface area contributed by atoms with Gasteiger partial charge in [-0.15, -0.1) is 24.0 Å². The first-order chi connectivity index (χ1) is 14.1. The normalized spacial score (nSPS) is 15.5. The standard InChI is InChI=1S/C21H39N7O2.HI/c1-16-18(17(2)26(7)25-16)15-24-19(22-6)23-9-8-10-27-11-13-28(14-12-27)20(29)30-21(3,4)5;/h8-15H2,1-7H3,(H2,22,23,24);1H. The minimum atomic E-state index is -0.444. The first-order valence-electron chi connectivity index (χ1n) is 10.7. The minimum Gasteiger partial charge on any atom is -0.444 e. The van der Waals surface area contributed by atoms with E-state index in [4.69, 9.17) is 4.74 Å². The van der Waals surface area contributed by atoms with E-state index in [1.807, 2.05) is 39.4 Å². The number of guanidine groups is 1. The summed E-state index contributed by atoms with van der Waals surface area (Å²) in [4.78, 5) is 20.6. The minimum absolute atomic E-state index is 0. The van der Waals surface area contributed by atoms with Crippen LogP contribution in [0.1, 0.15) is 44.1 Å². The summed E-state index contributed by atoms with van der Waals surface area (Å²) in [6, 6.07) is 0. The number of aromatic nitrogens is 2. The molecule has 1 aliphatic rings. The molecule has 0 atom stereocenters. The molecule has 0 bridgehead atoms. The Labute approximate surface area is 204 Å². The number of carbonyl (C=O) groups excluding carboxylic acids is 1. The SMILES string of the molecule is CN=C(NCCCN1CCN(C(=O)OC(C)(C)C)CC1)NCc1c(C)nn(C)c1C.I. The van der Waals surface area contributed by atoms with Gasteiger partial charge in [0.25, 0.3) is 0 Å². The quantitative estimate of drug-likeness (QED) is 0.245. The molecule has 31 heavy (non-hydrogen) atoms. The molecule has 1 aromatic rings. The zero-order chi connectivity index (χ0) is 22.3. The largest absolute Gasteiger partial charge is 0.444 e. The van der Waals surface area contributed by atoms with Crippen molar-refractivity contribution in [1.29, 1.82) is 0 Å². The number of rotatable bonds is 6. The van der Waals surface area contributed by atoms with E-state index in [-0.39, 0.29) is 30.1 Å².